The first-order valence-electron chi connectivity index (χ1n) is 8.39. The van der Waals surface area contributed by atoms with Crippen molar-refractivity contribution in [3.05, 3.63) is 17.2 Å². The highest BCUT2D eigenvalue weighted by Crippen LogP contribution is 2.44. The van der Waals surface area contributed by atoms with Gasteiger partial charge in [-0.1, -0.05) is 0 Å². The fourth-order valence-corrected chi connectivity index (χ4v) is 3.53. The van der Waals surface area contributed by atoms with Crippen molar-refractivity contribution in [1.82, 2.24) is 9.80 Å². The van der Waals surface area contributed by atoms with Gasteiger partial charge in [-0.3, -0.25) is 4.79 Å². The zero-order chi connectivity index (χ0) is 16.7. The predicted octanol–water partition coefficient (Wildman–Crippen LogP) is 1.25. The minimum atomic E-state index is -0.142. The van der Waals surface area contributed by atoms with Crippen molar-refractivity contribution in [2.75, 3.05) is 44.7 Å². The number of rotatable bonds is 1. The van der Waals surface area contributed by atoms with Crippen molar-refractivity contribution in [3.63, 3.8) is 0 Å². The zero-order valence-corrected chi connectivity index (χ0v) is 13.8. The van der Waals surface area contributed by atoms with Crippen LogP contribution in [0.5, 0.6) is 11.5 Å². The quantitative estimate of drug-likeness (QED) is 0.841. The van der Waals surface area contributed by atoms with Crippen molar-refractivity contribution >= 4 is 17.6 Å². The molecule has 0 aromatic heterocycles. The summed E-state index contributed by atoms with van der Waals surface area (Å²) >= 11 is 0. The van der Waals surface area contributed by atoms with Gasteiger partial charge in [0.2, 0.25) is 5.91 Å². The van der Waals surface area contributed by atoms with Crippen molar-refractivity contribution in [2.45, 2.75) is 19.8 Å². The van der Waals surface area contributed by atoms with Gasteiger partial charge in [-0.2, -0.15) is 0 Å². The smallest absolute Gasteiger partial charge is 0.322 e. The molecule has 3 aliphatic heterocycles. The molecule has 0 bridgehead atoms. The van der Waals surface area contributed by atoms with Crippen LogP contribution in [-0.2, 0) is 17.6 Å². The molecule has 3 amide bonds. The fraction of sp³-hybridized carbons (Fsp3) is 0.529. The van der Waals surface area contributed by atoms with E-state index in [4.69, 9.17) is 9.47 Å². The Morgan fingerprint density at radius 3 is 2.50 bits per heavy atom. The van der Waals surface area contributed by atoms with Crippen LogP contribution in [0.4, 0.5) is 10.5 Å². The molecule has 1 fully saturated rings. The molecule has 0 radical (unpaired) electrons. The topological polar surface area (TPSA) is 71.1 Å². The molecule has 1 saturated heterocycles. The maximum absolute atomic E-state index is 12.7. The molecule has 0 atom stereocenters. The van der Waals surface area contributed by atoms with E-state index in [1.807, 2.05) is 6.07 Å². The average Bonchev–Trinajstić information content (AvgIpc) is 3.23. The first-order chi connectivity index (χ1) is 11.6. The van der Waals surface area contributed by atoms with Gasteiger partial charge in [0.1, 0.15) is 11.5 Å². The lowest BCUT2D eigenvalue weighted by Gasteiger charge is -2.34. The third kappa shape index (κ3) is 2.53. The Bertz CT molecular complexity index is 663. The van der Waals surface area contributed by atoms with E-state index < -0.39 is 0 Å². The standard InChI is InChI=1S/C17H21N3O4/c1-11(21)19-4-6-20(7-5-19)17(22)18-15-13-3-9-23-14(13)10-12-2-8-24-16(12)15/h10H,2-9H2,1H3,(H,18,22). The summed E-state index contributed by atoms with van der Waals surface area (Å²) in [5, 5.41) is 3.03. The van der Waals surface area contributed by atoms with E-state index in [-0.39, 0.29) is 11.9 Å². The first kappa shape index (κ1) is 15.1. The molecule has 0 spiro atoms. The predicted molar refractivity (Wildman–Crippen MR) is 87.7 cm³/mol. The molecule has 0 saturated carbocycles. The number of anilines is 1. The largest absolute Gasteiger partial charge is 0.493 e. The van der Waals surface area contributed by atoms with Crippen molar-refractivity contribution < 1.29 is 19.1 Å². The van der Waals surface area contributed by atoms with Gasteiger partial charge in [0, 0.05) is 57.1 Å². The number of amides is 3. The number of hydrogen-bond acceptors (Lipinski definition) is 4. The van der Waals surface area contributed by atoms with Gasteiger partial charge in [-0.25, -0.2) is 4.79 Å². The summed E-state index contributed by atoms with van der Waals surface area (Å²) in [6.45, 7) is 5.07. The summed E-state index contributed by atoms with van der Waals surface area (Å²) in [7, 11) is 0. The number of urea groups is 1. The number of hydrogen-bond donors (Lipinski definition) is 1. The first-order valence-corrected chi connectivity index (χ1v) is 8.39. The van der Waals surface area contributed by atoms with Crippen LogP contribution in [0.25, 0.3) is 0 Å². The highest BCUT2D eigenvalue weighted by molar-refractivity contribution is 5.93. The summed E-state index contributed by atoms with van der Waals surface area (Å²) in [5.41, 5.74) is 2.87. The summed E-state index contributed by atoms with van der Waals surface area (Å²) in [5.74, 6) is 1.70. The number of ether oxygens (including phenoxy) is 2. The number of benzene rings is 1. The Labute approximate surface area is 140 Å². The zero-order valence-electron chi connectivity index (χ0n) is 13.8. The maximum atomic E-state index is 12.7. The molecule has 0 aliphatic carbocycles. The third-order valence-corrected chi connectivity index (χ3v) is 4.89. The van der Waals surface area contributed by atoms with Crippen LogP contribution < -0.4 is 14.8 Å². The van der Waals surface area contributed by atoms with Gasteiger partial charge < -0.3 is 24.6 Å². The molecule has 128 valence electrons. The Kier molecular flexibility index (Phi) is 3.70. The van der Waals surface area contributed by atoms with Crippen LogP contribution in [0, 0.1) is 0 Å². The lowest BCUT2D eigenvalue weighted by molar-refractivity contribution is -0.130. The van der Waals surface area contributed by atoms with E-state index in [2.05, 4.69) is 5.32 Å². The van der Waals surface area contributed by atoms with E-state index >= 15 is 0 Å². The van der Waals surface area contributed by atoms with Crippen molar-refractivity contribution in [3.8, 4) is 11.5 Å². The van der Waals surface area contributed by atoms with Crippen LogP contribution in [0.15, 0.2) is 6.07 Å². The number of nitrogens with zero attached hydrogens (tertiary/aromatic N) is 2. The summed E-state index contributed by atoms with van der Waals surface area (Å²) in [4.78, 5) is 27.6. The Balaban J connectivity index is 1.52. The second kappa shape index (κ2) is 5.89. The summed E-state index contributed by atoms with van der Waals surface area (Å²) in [6.07, 6.45) is 1.62. The number of piperazine rings is 1. The second-order valence-electron chi connectivity index (χ2n) is 6.34. The average molecular weight is 331 g/mol. The van der Waals surface area contributed by atoms with Gasteiger partial charge in [0.25, 0.3) is 0 Å². The molecule has 3 heterocycles. The number of fused-ring (bicyclic) bond motifs is 2. The van der Waals surface area contributed by atoms with Crippen LogP contribution in [0.3, 0.4) is 0 Å². The van der Waals surface area contributed by atoms with E-state index in [0.717, 1.165) is 41.2 Å². The third-order valence-electron chi connectivity index (χ3n) is 4.89. The Morgan fingerprint density at radius 2 is 1.75 bits per heavy atom. The van der Waals surface area contributed by atoms with Crippen LogP contribution in [0.1, 0.15) is 18.1 Å². The van der Waals surface area contributed by atoms with E-state index in [1.165, 1.54) is 0 Å². The second-order valence-corrected chi connectivity index (χ2v) is 6.34. The Morgan fingerprint density at radius 1 is 1.04 bits per heavy atom. The highest BCUT2D eigenvalue weighted by atomic mass is 16.5. The molecular weight excluding hydrogens is 310 g/mol. The number of carbonyl (C=O) groups excluding carboxylic acids is 2. The number of carbonyl (C=O) groups is 2. The summed E-state index contributed by atoms with van der Waals surface area (Å²) in [6, 6.07) is 1.89. The molecule has 1 N–H and O–H groups in total. The molecule has 7 heteroatoms. The van der Waals surface area contributed by atoms with Crippen molar-refractivity contribution in [1.29, 1.82) is 0 Å². The molecule has 4 rings (SSSR count). The minimum Gasteiger partial charge on any atom is -0.493 e. The SMILES string of the molecule is CC(=O)N1CCN(C(=O)Nc2c3c(cc4c2OCC4)OCC3)CC1. The highest BCUT2D eigenvalue weighted by Gasteiger charge is 2.29. The molecule has 0 unspecified atom stereocenters. The van der Waals surface area contributed by atoms with E-state index in [9.17, 15) is 9.59 Å². The maximum Gasteiger partial charge on any atom is 0.322 e. The monoisotopic (exact) mass is 331 g/mol. The lowest BCUT2D eigenvalue weighted by atomic mass is 10.0. The van der Waals surface area contributed by atoms with Gasteiger partial charge in [-0.15, -0.1) is 0 Å². The van der Waals surface area contributed by atoms with Gasteiger partial charge in [0.15, 0.2) is 0 Å². The van der Waals surface area contributed by atoms with Gasteiger partial charge >= 0.3 is 6.03 Å². The Hall–Kier alpha value is -2.44. The van der Waals surface area contributed by atoms with E-state index in [1.54, 1.807) is 16.7 Å². The van der Waals surface area contributed by atoms with Gasteiger partial charge in [-0.05, 0) is 6.07 Å². The molecule has 7 nitrogen and oxygen atoms in total. The lowest BCUT2D eigenvalue weighted by Crippen LogP contribution is -2.51. The summed E-state index contributed by atoms with van der Waals surface area (Å²) < 4.78 is 11.4. The molecule has 3 aliphatic rings. The number of nitrogens with one attached hydrogen (secondary N) is 1. The van der Waals surface area contributed by atoms with Crippen LogP contribution in [-0.4, -0.2) is 61.1 Å². The molecular formula is C17H21N3O4. The van der Waals surface area contributed by atoms with E-state index in [0.29, 0.717) is 39.4 Å². The molecule has 1 aromatic carbocycles. The molecule has 24 heavy (non-hydrogen) atoms. The van der Waals surface area contributed by atoms with Crippen LogP contribution in [0.2, 0.25) is 0 Å². The van der Waals surface area contributed by atoms with Gasteiger partial charge in [0.05, 0.1) is 18.9 Å². The minimum absolute atomic E-state index is 0.0549. The fourth-order valence-electron chi connectivity index (χ4n) is 3.53. The normalized spacial score (nSPS) is 18.5. The van der Waals surface area contributed by atoms with Crippen molar-refractivity contribution in [2.24, 2.45) is 0 Å². The molecule has 1 aromatic rings. The van der Waals surface area contributed by atoms with Crippen LogP contribution >= 0.6 is 0 Å².